The van der Waals surface area contributed by atoms with E-state index in [0.29, 0.717) is 5.56 Å². The lowest BCUT2D eigenvalue weighted by atomic mass is 10.2. The number of ether oxygens (including phenoxy) is 2. The molecule has 0 radical (unpaired) electrons. The summed E-state index contributed by atoms with van der Waals surface area (Å²) < 4.78 is 33.4. The summed E-state index contributed by atoms with van der Waals surface area (Å²) in [4.78, 5) is 10.4. The Kier molecular flexibility index (Phi) is 4.85. The predicted octanol–water partition coefficient (Wildman–Crippen LogP) is 1.30. The number of hydrogen-bond donors (Lipinski definition) is 2. The number of carbonyl (C=O) groups is 1. The van der Waals surface area contributed by atoms with Gasteiger partial charge in [-0.05, 0) is 23.8 Å². The van der Waals surface area contributed by atoms with Gasteiger partial charge in [-0.3, -0.25) is 0 Å². The molecular formula is C10H11F2N3O3. The normalized spacial score (nSPS) is 10.7. The minimum Gasteiger partial charge on any atom is -0.493 e. The van der Waals surface area contributed by atoms with Gasteiger partial charge in [0.15, 0.2) is 11.5 Å². The molecule has 0 spiro atoms. The number of nitrogens with one attached hydrogen (secondary N) is 1. The van der Waals surface area contributed by atoms with E-state index in [9.17, 15) is 13.6 Å². The van der Waals surface area contributed by atoms with Crippen LogP contribution in [0, 0.1) is 0 Å². The maximum absolute atomic E-state index is 12.1. The number of amides is 2. The molecule has 1 rings (SSSR count). The summed E-state index contributed by atoms with van der Waals surface area (Å²) in [7, 11) is 1.33. The number of primary amides is 1. The molecule has 8 heteroatoms. The van der Waals surface area contributed by atoms with E-state index in [1.54, 1.807) is 6.07 Å². The molecule has 1 aromatic carbocycles. The van der Waals surface area contributed by atoms with Crippen molar-refractivity contribution in [3.05, 3.63) is 23.8 Å². The summed E-state index contributed by atoms with van der Waals surface area (Å²) in [5.74, 6) is 0.0332. The standard InChI is InChI=1S/C10H11F2N3O3/c1-17-7-3-2-6(5-14-15-10(13)16)4-8(7)18-9(11)12/h2-5,9H,1H3,(H3,13,15,16). The molecule has 0 aliphatic rings. The summed E-state index contributed by atoms with van der Waals surface area (Å²) in [6, 6.07) is 3.44. The molecular weight excluding hydrogens is 248 g/mol. The van der Waals surface area contributed by atoms with Gasteiger partial charge in [0, 0.05) is 0 Å². The van der Waals surface area contributed by atoms with Crippen molar-refractivity contribution in [2.24, 2.45) is 10.8 Å². The lowest BCUT2D eigenvalue weighted by molar-refractivity contribution is -0.0512. The number of halogens is 2. The topological polar surface area (TPSA) is 85.9 Å². The lowest BCUT2D eigenvalue weighted by Crippen LogP contribution is -2.24. The molecule has 0 aliphatic carbocycles. The Bertz CT molecular complexity index is 452. The van der Waals surface area contributed by atoms with Crippen LogP contribution < -0.4 is 20.6 Å². The van der Waals surface area contributed by atoms with E-state index < -0.39 is 12.6 Å². The minimum absolute atomic E-state index is 0.129. The number of methoxy groups -OCH3 is 1. The van der Waals surface area contributed by atoms with Crippen molar-refractivity contribution in [2.45, 2.75) is 6.61 Å². The van der Waals surface area contributed by atoms with E-state index in [4.69, 9.17) is 10.5 Å². The smallest absolute Gasteiger partial charge is 0.387 e. The molecule has 0 bridgehead atoms. The lowest BCUT2D eigenvalue weighted by Gasteiger charge is -2.09. The van der Waals surface area contributed by atoms with Crippen LogP contribution >= 0.6 is 0 Å². The molecule has 18 heavy (non-hydrogen) atoms. The molecule has 1 aromatic rings. The number of nitrogens with two attached hydrogens (primary N) is 1. The quantitative estimate of drug-likeness (QED) is 0.617. The van der Waals surface area contributed by atoms with E-state index >= 15 is 0 Å². The average Bonchev–Trinajstić information content (AvgIpc) is 2.28. The average molecular weight is 259 g/mol. The van der Waals surface area contributed by atoms with Crippen LogP contribution in [0.4, 0.5) is 13.6 Å². The van der Waals surface area contributed by atoms with E-state index in [1.807, 2.05) is 5.43 Å². The molecule has 0 atom stereocenters. The van der Waals surface area contributed by atoms with E-state index in [-0.39, 0.29) is 11.5 Å². The maximum atomic E-state index is 12.1. The fourth-order valence-corrected chi connectivity index (χ4v) is 1.13. The molecule has 98 valence electrons. The fourth-order valence-electron chi connectivity index (χ4n) is 1.13. The third kappa shape index (κ3) is 4.24. The predicted molar refractivity (Wildman–Crippen MR) is 59.9 cm³/mol. The molecule has 0 saturated heterocycles. The van der Waals surface area contributed by atoms with Gasteiger partial charge in [-0.2, -0.15) is 13.9 Å². The van der Waals surface area contributed by atoms with Gasteiger partial charge in [-0.25, -0.2) is 10.2 Å². The molecule has 6 nitrogen and oxygen atoms in total. The first-order valence-electron chi connectivity index (χ1n) is 4.74. The highest BCUT2D eigenvalue weighted by molar-refractivity contribution is 5.82. The minimum atomic E-state index is -2.96. The fraction of sp³-hybridized carbons (Fsp3) is 0.200. The second-order valence-corrected chi connectivity index (χ2v) is 3.02. The van der Waals surface area contributed by atoms with Crippen molar-refractivity contribution in [3.63, 3.8) is 0 Å². The second-order valence-electron chi connectivity index (χ2n) is 3.02. The van der Waals surface area contributed by atoms with Crippen molar-refractivity contribution in [2.75, 3.05) is 7.11 Å². The monoisotopic (exact) mass is 259 g/mol. The van der Waals surface area contributed by atoms with Gasteiger partial charge in [0.05, 0.1) is 13.3 Å². The molecule has 0 saturated carbocycles. The van der Waals surface area contributed by atoms with Crippen molar-refractivity contribution >= 4 is 12.2 Å². The van der Waals surface area contributed by atoms with E-state index in [0.717, 1.165) is 0 Å². The van der Waals surface area contributed by atoms with Gasteiger partial charge >= 0.3 is 12.6 Å². The van der Waals surface area contributed by atoms with Crippen LogP contribution in [0.25, 0.3) is 0 Å². The SMILES string of the molecule is COc1ccc(C=NNC(N)=O)cc1OC(F)F. The Balaban J connectivity index is 2.88. The number of carbonyl (C=O) groups excluding carboxylic acids is 1. The Morgan fingerprint density at radius 1 is 1.50 bits per heavy atom. The molecule has 0 aromatic heterocycles. The maximum Gasteiger partial charge on any atom is 0.387 e. The number of benzene rings is 1. The number of urea groups is 1. The van der Waals surface area contributed by atoms with Gasteiger partial charge in [0.25, 0.3) is 0 Å². The molecule has 0 heterocycles. The highest BCUT2D eigenvalue weighted by Crippen LogP contribution is 2.28. The number of hydrazone groups is 1. The number of rotatable bonds is 5. The molecule has 0 unspecified atom stereocenters. The van der Waals surface area contributed by atoms with Crippen LogP contribution in [0.3, 0.4) is 0 Å². The molecule has 2 amide bonds. The first kappa shape index (κ1) is 13.7. The molecule has 3 N–H and O–H groups in total. The van der Waals surface area contributed by atoms with Crippen molar-refractivity contribution in [1.29, 1.82) is 0 Å². The van der Waals surface area contributed by atoms with Crippen molar-refractivity contribution in [3.8, 4) is 11.5 Å². The van der Waals surface area contributed by atoms with Gasteiger partial charge < -0.3 is 15.2 Å². The largest absolute Gasteiger partial charge is 0.493 e. The first-order chi connectivity index (χ1) is 8.52. The van der Waals surface area contributed by atoms with Crippen LogP contribution in [0.15, 0.2) is 23.3 Å². The second kappa shape index (κ2) is 6.38. The Morgan fingerprint density at radius 3 is 2.78 bits per heavy atom. The van der Waals surface area contributed by atoms with E-state index in [2.05, 4.69) is 9.84 Å². The first-order valence-corrected chi connectivity index (χ1v) is 4.74. The highest BCUT2D eigenvalue weighted by atomic mass is 19.3. The summed E-state index contributed by atoms with van der Waals surface area (Å²) in [6.45, 7) is -2.96. The third-order valence-corrected chi connectivity index (χ3v) is 1.79. The Morgan fingerprint density at radius 2 is 2.22 bits per heavy atom. The van der Waals surface area contributed by atoms with Gasteiger partial charge in [0.1, 0.15) is 0 Å². The van der Waals surface area contributed by atoms with Crippen LogP contribution in [0.2, 0.25) is 0 Å². The number of alkyl halides is 2. The summed E-state index contributed by atoms with van der Waals surface area (Å²) in [5.41, 5.74) is 7.19. The zero-order chi connectivity index (χ0) is 13.5. The zero-order valence-electron chi connectivity index (χ0n) is 9.39. The van der Waals surface area contributed by atoms with Gasteiger partial charge in [-0.1, -0.05) is 0 Å². The molecule has 0 aliphatic heterocycles. The van der Waals surface area contributed by atoms with Crippen LogP contribution in [-0.4, -0.2) is 26.0 Å². The molecule has 0 fully saturated rings. The van der Waals surface area contributed by atoms with Crippen LogP contribution in [0.1, 0.15) is 5.56 Å². The van der Waals surface area contributed by atoms with Crippen LogP contribution in [0.5, 0.6) is 11.5 Å². The van der Waals surface area contributed by atoms with Crippen molar-refractivity contribution in [1.82, 2.24) is 5.43 Å². The highest BCUT2D eigenvalue weighted by Gasteiger charge is 2.10. The summed E-state index contributed by atoms with van der Waals surface area (Å²) in [5, 5.41) is 3.48. The number of nitrogens with zero attached hydrogens (tertiary/aromatic N) is 1. The van der Waals surface area contributed by atoms with Gasteiger partial charge in [0.2, 0.25) is 0 Å². The van der Waals surface area contributed by atoms with E-state index in [1.165, 1.54) is 25.5 Å². The third-order valence-electron chi connectivity index (χ3n) is 1.79. The van der Waals surface area contributed by atoms with Crippen LogP contribution in [-0.2, 0) is 0 Å². The number of hydrogen-bond acceptors (Lipinski definition) is 4. The summed E-state index contributed by atoms with van der Waals surface area (Å²) in [6.07, 6.45) is 1.22. The van der Waals surface area contributed by atoms with Gasteiger partial charge in [-0.15, -0.1) is 0 Å². The Hall–Kier alpha value is -2.38. The summed E-state index contributed by atoms with van der Waals surface area (Å²) >= 11 is 0. The Labute approximate surface area is 101 Å². The zero-order valence-corrected chi connectivity index (χ0v) is 9.39. The van der Waals surface area contributed by atoms with Crippen molar-refractivity contribution < 1.29 is 23.0 Å².